The third-order valence-corrected chi connectivity index (χ3v) is 4.88. The lowest BCUT2D eigenvalue weighted by molar-refractivity contribution is -0.121. The minimum atomic E-state index is -0.0728. The molecule has 0 aliphatic carbocycles. The molecular formula is C19H17N5O2S. The van der Waals surface area contributed by atoms with Crippen LogP contribution in [0.15, 0.2) is 59.3 Å². The Hall–Kier alpha value is -3.26. The van der Waals surface area contributed by atoms with Crippen LogP contribution in [0.4, 0.5) is 5.95 Å². The second-order valence-electron chi connectivity index (χ2n) is 5.78. The molecule has 1 amide bonds. The number of thiazole rings is 1. The summed E-state index contributed by atoms with van der Waals surface area (Å²) in [5.74, 6) is 1.84. The van der Waals surface area contributed by atoms with Gasteiger partial charge in [0.1, 0.15) is 5.76 Å². The van der Waals surface area contributed by atoms with Gasteiger partial charge in [-0.25, -0.2) is 15.0 Å². The summed E-state index contributed by atoms with van der Waals surface area (Å²) >= 11 is 1.58. The number of fused-ring (bicyclic) bond motifs is 1. The summed E-state index contributed by atoms with van der Waals surface area (Å²) in [6.07, 6.45) is 3.62. The van der Waals surface area contributed by atoms with Crippen molar-refractivity contribution in [3.63, 3.8) is 0 Å². The molecule has 0 spiro atoms. The average molecular weight is 379 g/mol. The molecule has 27 heavy (non-hydrogen) atoms. The molecule has 8 heteroatoms. The van der Waals surface area contributed by atoms with Crippen LogP contribution < -0.4 is 10.6 Å². The van der Waals surface area contributed by atoms with E-state index in [1.165, 1.54) is 0 Å². The van der Waals surface area contributed by atoms with E-state index in [9.17, 15) is 4.79 Å². The maximum Gasteiger partial charge on any atom is 0.222 e. The number of carbonyl (C=O) groups excluding carboxylic acids is 1. The number of rotatable bonds is 7. The van der Waals surface area contributed by atoms with Gasteiger partial charge in [-0.05, 0) is 30.3 Å². The molecule has 2 N–H and O–H groups in total. The van der Waals surface area contributed by atoms with Gasteiger partial charge in [0.05, 0.1) is 16.8 Å². The van der Waals surface area contributed by atoms with Crippen LogP contribution in [-0.4, -0.2) is 27.4 Å². The zero-order valence-electron chi connectivity index (χ0n) is 14.4. The first-order valence-electron chi connectivity index (χ1n) is 8.50. The normalized spacial score (nSPS) is 10.8. The molecule has 136 valence electrons. The summed E-state index contributed by atoms with van der Waals surface area (Å²) < 4.78 is 6.94. The SMILES string of the molecule is O=C(CCNc1ncccn1)NCc1ccc(-c2nc3ccccc3s2)o1. The fraction of sp³-hybridized carbons (Fsp3) is 0.158. The smallest absolute Gasteiger partial charge is 0.222 e. The number of amides is 1. The predicted octanol–water partition coefficient (Wildman–Crippen LogP) is 3.46. The molecule has 0 aliphatic heterocycles. The van der Waals surface area contributed by atoms with E-state index in [1.807, 2.05) is 36.4 Å². The largest absolute Gasteiger partial charge is 0.457 e. The lowest BCUT2D eigenvalue weighted by Crippen LogP contribution is -2.24. The molecular weight excluding hydrogens is 362 g/mol. The third-order valence-electron chi connectivity index (χ3n) is 3.83. The molecule has 0 fully saturated rings. The van der Waals surface area contributed by atoms with Crippen molar-refractivity contribution in [3.05, 3.63) is 60.6 Å². The highest BCUT2D eigenvalue weighted by molar-refractivity contribution is 7.21. The van der Waals surface area contributed by atoms with Crippen molar-refractivity contribution in [1.29, 1.82) is 0 Å². The molecule has 3 heterocycles. The van der Waals surface area contributed by atoms with Gasteiger partial charge in [0, 0.05) is 25.4 Å². The molecule has 4 aromatic rings. The highest BCUT2D eigenvalue weighted by Gasteiger charge is 2.11. The van der Waals surface area contributed by atoms with Crippen LogP contribution in [0.1, 0.15) is 12.2 Å². The number of nitrogens with zero attached hydrogens (tertiary/aromatic N) is 3. The molecule has 1 aromatic carbocycles. The van der Waals surface area contributed by atoms with Crippen LogP contribution in [0, 0.1) is 0 Å². The number of hydrogen-bond donors (Lipinski definition) is 2. The molecule has 0 unspecified atom stereocenters. The van der Waals surface area contributed by atoms with E-state index in [1.54, 1.807) is 29.8 Å². The van der Waals surface area contributed by atoms with E-state index in [2.05, 4.69) is 25.6 Å². The molecule has 4 rings (SSSR count). The zero-order valence-corrected chi connectivity index (χ0v) is 15.2. The number of hydrogen-bond acceptors (Lipinski definition) is 7. The van der Waals surface area contributed by atoms with Crippen molar-refractivity contribution < 1.29 is 9.21 Å². The Bertz CT molecular complexity index is 1010. The fourth-order valence-electron chi connectivity index (χ4n) is 2.52. The summed E-state index contributed by atoms with van der Waals surface area (Å²) in [6.45, 7) is 0.802. The van der Waals surface area contributed by atoms with Crippen molar-refractivity contribution in [2.75, 3.05) is 11.9 Å². The Morgan fingerprint density at radius 2 is 1.93 bits per heavy atom. The number of anilines is 1. The molecule has 0 radical (unpaired) electrons. The van der Waals surface area contributed by atoms with E-state index in [4.69, 9.17) is 4.42 Å². The first-order chi connectivity index (χ1) is 13.3. The van der Waals surface area contributed by atoms with E-state index in [-0.39, 0.29) is 5.91 Å². The fourth-order valence-corrected chi connectivity index (χ4v) is 3.45. The lowest BCUT2D eigenvalue weighted by Gasteiger charge is -2.05. The van der Waals surface area contributed by atoms with Gasteiger partial charge in [-0.3, -0.25) is 4.79 Å². The molecule has 0 aliphatic rings. The van der Waals surface area contributed by atoms with Gasteiger partial charge in [0.2, 0.25) is 11.9 Å². The number of carbonyl (C=O) groups is 1. The van der Waals surface area contributed by atoms with E-state index in [0.29, 0.717) is 37.0 Å². The average Bonchev–Trinajstić information content (AvgIpc) is 3.34. The third kappa shape index (κ3) is 4.29. The van der Waals surface area contributed by atoms with Crippen molar-refractivity contribution in [1.82, 2.24) is 20.3 Å². The van der Waals surface area contributed by atoms with Crippen LogP contribution in [0.2, 0.25) is 0 Å². The lowest BCUT2D eigenvalue weighted by atomic mass is 10.3. The Balaban J connectivity index is 1.28. The molecule has 0 saturated heterocycles. The topological polar surface area (TPSA) is 92.9 Å². The highest BCUT2D eigenvalue weighted by atomic mass is 32.1. The summed E-state index contributed by atoms with van der Waals surface area (Å²) in [5.41, 5.74) is 0.957. The molecule has 7 nitrogen and oxygen atoms in total. The van der Waals surface area contributed by atoms with Crippen molar-refractivity contribution in [2.24, 2.45) is 0 Å². The first kappa shape index (κ1) is 17.2. The van der Waals surface area contributed by atoms with E-state index < -0.39 is 0 Å². The number of aromatic nitrogens is 3. The summed E-state index contributed by atoms with van der Waals surface area (Å²) in [5, 5.41) is 6.68. The first-order valence-corrected chi connectivity index (χ1v) is 9.32. The van der Waals surface area contributed by atoms with Gasteiger partial charge < -0.3 is 15.1 Å². The van der Waals surface area contributed by atoms with Crippen molar-refractivity contribution in [3.8, 4) is 10.8 Å². The number of para-hydroxylation sites is 1. The Labute approximate surface area is 159 Å². The Kier molecular flexibility index (Phi) is 5.06. The minimum Gasteiger partial charge on any atom is -0.457 e. The predicted molar refractivity (Wildman–Crippen MR) is 104 cm³/mol. The van der Waals surface area contributed by atoms with Gasteiger partial charge >= 0.3 is 0 Å². The maximum absolute atomic E-state index is 12.0. The standard InChI is InChI=1S/C19H17N5O2S/c25-17(8-11-22-19-20-9-3-10-21-19)23-12-13-6-7-15(26-13)18-24-14-4-1-2-5-16(14)27-18/h1-7,9-10H,8,11-12H2,(H,23,25)(H,20,21,22). The van der Waals surface area contributed by atoms with Gasteiger partial charge in [0.15, 0.2) is 10.8 Å². The summed E-state index contributed by atoms with van der Waals surface area (Å²) in [7, 11) is 0. The minimum absolute atomic E-state index is 0.0728. The molecule has 0 atom stereocenters. The second kappa shape index (κ2) is 7.96. The number of nitrogens with one attached hydrogen (secondary N) is 2. The van der Waals surface area contributed by atoms with E-state index >= 15 is 0 Å². The Morgan fingerprint density at radius 1 is 1.07 bits per heavy atom. The van der Waals surface area contributed by atoms with Gasteiger partial charge in [0.25, 0.3) is 0 Å². The van der Waals surface area contributed by atoms with Crippen molar-refractivity contribution in [2.45, 2.75) is 13.0 Å². The van der Waals surface area contributed by atoms with E-state index in [0.717, 1.165) is 15.2 Å². The molecule has 3 aromatic heterocycles. The molecule has 0 saturated carbocycles. The van der Waals surface area contributed by atoms with Crippen LogP contribution in [-0.2, 0) is 11.3 Å². The van der Waals surface area contributed by atoms with Gasteiger partial charge in [-0.2, -0.15) is 0 Å². The maximum atomic E-state index is 12.0. The van der Waals surface area contributed by atoms with Crippen LogP contribution in [0.25, 0.3) is 21.0 Å². The number of benzene rings is 1. The molecule has 0 bridgehead atoms. The van der Waals surface area contributed by atoms with Crippen LogP contribution >= 0.6 is 11.3 Å². The van der Waals surface area contributed by atoms with Gasteiger partial charge in [-0.1, -0.05) is 12.1 Å². The highest BCUT2D eigenvalue weighted by Crippen LogP contribution is 2.31. The van der Waals surface area contributed by atoms with Crippen LogP contribution in [0.5, 0.6) is 0 Å². The monoisotopic (exact) mass is 379 g/mol. The quantitative estimate of drug-likeness (QED) is 0.511. The number of furan rings is 1. The van der Waals surface area contributed by atoms with Gasteiger partial charge in [-0.15, -0.1) is 11.3 Å². The Morgan fingerprint density at radius 3 is 2.78 bits per heavy atom. The second-order valence-corrected chi connectivity index (χ2v) is 6.81. The van der Waals surface area contributed by atoms with Crippen LogP contribution in [0.3, 0.4) is 0 Å². The zero-order chi connectivity index (χ0) is 18.5. The van der Waals surface area contributed by atoms with Crippen molar-refractivity contribution >= 4 is 33.4 Å². The summed E-state index contributed by atoms with van der Waals surface area (Å²) in [6, 6.07) is 13.5. The summed E-state index contributed by atoms with van der Waals surface area (Å²) in [4.78, 5) is 24.6.